The third kappa shape index (κ3) is 5.11. The van der Waals surface area contributed by atoms with Crippen LogP contribution in [0.3, 0.4) is 0 Å². The zero-order valence-electron chi connectivity index (χ0n) is 19.4. The number of rotatable bonds is 8. The molecule has 4 rings (SSSR count). The van der Waals surface area contributed by atoms with Crippen molar-refractivity contribution in [2.45, 2.75) is 50.7 Å². The van der Waals surface area contributed by atoms with E-state index in [1.165, 1.54) is 0 Å². The average molecular weight is 460 g/mol. The van der Waals surface area contributed by atoms with E-state index in [9.17, 15) is 9.59 Å². The molecule has 5 heteroatoms. The van der Waals surface area contributed by atoms with Crippen molar-refractivity contribution in [2.75, 3.05) is 5.48 Å². The second-order valence-corrected chi connectivity index (χ2v) is 13.6. The normalized spacial score (nSPS) is 19.3. The number of Topliss-reactive ketones (excluding diaryl/α,β-unsaturated/α-hetero) is 1. The maximum Gasteiger partial charge on any atom is 0.258 e. The van der Waals surface area contributed by atoms with Crippen LogP contribution >= 0.6 is 0 Å². The van der Waals surface area contributed by atoms with Crippen LogP contribution in [0.25, 0.3) is 0 Å². The van der Waals surface area contributed by atoms with Crippen LogP contribution in [0.4, 0.5) is 5.69 Å². The maximum atomic E-state index is 12.6. The average Bonchev–Trinajstić information content (AvgIpc) is 2.85. The van der Waals surface area contributed by atoms with Gasteiger partial charge in [0.15, 0.2) is 5.78 Å². The summed E-state index contributed by atoms with van der Waals surface area (Å²) in [5, 5.41) is 1.70. The Morgan fingerprint density at radius 2 is 1.42 bits per heavy atom. The molecule has 1 aliphatic carbocycles. The lowest BCUT2D eigenvalue weighted by Crippen LogP contribution is -2.65. The van der Waals surface area contributed by atoms with Gasteiger partial charge >= 0.3 is 0 Å². The number of carbonyl (C=O) groups excluding carboxylic acids is 1. The topological polar surface area (TPSA) is 58.6 Å². The van der Waals surface area contributed by atoms with Gasteiger partial charge in [0.05, 0.1) is 5.69 Å². The molecule has 0 aliphatic heterocycles. The van der Waals surface area contributed by atoms with E-state index < -0.39 is 14.4 Å². The maximum absolute atomic E-state index is 12.6. The number of carbonyl (C=O) groups is 1. The number of hydrogen-bond donors (Lipinski definition) is 2. The Morgan fingerprint density at radius 3 is 1.97 bits per heavy atom. The molecule has 0 amide bonds. The monoisotopic (exact) mass is 459 g/mol. The molecule has 2 atom stereocenters. The van der Waals surface area contributed by atoms with Crippen LogP contribution in [0.1, 0.15) is 39.5 Å². The highest BCUT2D eigenvalue weighted by atomic mass is 28.4. The molecule has 0 radical (unpaired) electrons. The van der Waals surface area contributed by atoms with Gasteiger partial charge < -0.3 is 4.80 Å². The van der Waals surface area contributed by atoms with Crippen molar-refractivity contribution in [3.63, 3.8) is 0 Å². The number of nitrogens with one attached hydrogen (secondary N) is 1. The molecule has 0 spiro atoms. The predicted octanol–water partition coefficient (Wildman–Crippen LogP) is 4.69. The zero-order chi connectivity index (χ0) is 23.3. The summed E-state index contributed by atoms with van der Waals surface area (Å²) in [6, 6.07) is 29.9. The van der Waals surface area contributed by atoms with Gasteiger partial charge in [-0.1, -0.05) is 92.7 Å². The fourth-order valence-corrected chi connectivity index (χ4v) is 9.01. The number of hydrogen-bond acceptors (Lipinski definition) is 4. The number of para-hydroxylation sites is 1. The van der Waals surface area contributed by atoms with Crippen LogP contribution in [0.2, 0.25) is 5.04 Å². The van der Waals surface area contributed by atoms with Crippen molar-refractivity contribution >= 4 is 30.2 Å². The highest BCUT2D eigenvalue weighted by Gasteiger charge is 2.51. The molecule has 4 nitrogen and oxygen atoms in total. The van der Waals surface area contributed by atoms with E-state index in [1.54, 1.807) is 0 Å². The molecule has 1 fully saturated rings. The van der Waals surface area contributed by atoms with Gasteiger partial charge in [0, 0.05) is 6.42 Å². The lowest BCUT2D eigenvalue weighted by molar-refractivity contribution is -0.132. The molecule has 3 aromatic rings. The van der Waals surface area contributed by atoms with Crippen molar-refractivity contribution in [1.29, 1.82) is 0 Å². The Labute approximate surface area is 197 Å². The molecule has 1 aliphatic rings. The van der Waals surface area contributed by atoms with E-state index in [-0.39, 0.29) is 10.8 Å². The summed E-state index contributed by atoms with van der Waals surface area (Å²) in [5.41, 5.74) is 3.78. The van der Waals surface area contributed by atoms with E-state index in [0.29, 0.717) is 18.8 Å². The second kappa shape index (κ2) is 10.0. The summed E-state index contributed by atoms with van der Waals surface area (Å²) < 4.78 is 0. The summed E-state index contributed by atoms with van der Waals surface area (Å²) in [6.45, 7) is 4.38. The highest BCUT2D eigenvalue weighted by molar-refractivity contribution is 6.98. The highest BCUT2D eigenvalue weighted by Crippen LogP contribution is 2.44. The molecule has 0 bridgehead atoms. The van der Waals surface area contributed by atoms with Gasteiger partial charge in [-0.05, 0) is 52.7 Å². The molecule has 0 saturated heterocycles. The predicted molar refractivity (Wildman–Crippen MR) is 136 cm³/mol. The summed E-state index contributed by atoms with van der Waals surface area (Å²) in [7, 11) is -3.06. The third-order valence-electron chi connectivity index (χ3n) is 6.96. The third-order valence-corrected chi connectivity index (χ3v) is 11.5. The van der Waals surface area contributed by atoms with E-state index >= 15 is 0 Å². The van der Waals surface area contributed by atoms with Crippen LogP contribution in [0.15, 0.2) is 91.0 Å². The first-order chi connectivity index (χ1) is 15.9. The first-order valence-corrected chi connectivity index (χ1v) is 13.7. The van der Waals surface area contributed by atoms with Gasteiger partial charge in [0.25, 0.3) is 8.32 Å². The summed E-state index contributed by atoms with van der Waals surface area (Å²) >= 11 is 0. The van der Waals surface area contributed by atoms with E-state index in [2.05, 4.69) is 43.6 Å². The lowest BCUT2D eigenvalue weighted by Gasteiger charge is -2.44. The van der Waals surface area contributed by atoms with Gasteiger partial charge in [-0.2, -0.15) is 0 Å². The lowest BCUT2D eigenvalue weighted by atomic mass is 9.81. The van der Waals surface area contributed by atoms with Gasteiger partial charge in [0.1, 0.15) is 6.10 Å². The Kier molecular flexibility index (Phi) is 7.13. The van der Waals surface area contributed by atoms with E-state index in [0.717, 1.165) is 28.9 Å². The van der Waals surface area contributed by atoms with Gasteiger partial charge in [-0.25, -0.2) is 0 Å². The fraction of sp³-hybridized carbons (Fsp3) is 0.321. The second-order valence-electron chi connectivity index (χ2n) is 9.71. The molecule has 1 saturated carbocycles. The fourth-order valence-electron chi connectivity index (χ4n) is 5.18. The van der Waals surface area contributed by atoms with Crippen molar-refractivity contribution in [1.82, 2.24) is 0 Å². The van der Waals surface area contributed by atoms with Crippen molar-refractivity contribution in [3.8, 4) is 0 Å². The first-order valence-electron chi connectivity index (χ1n) is 11.7. The van der Waals surface area contributed by atoms with Crippen molar-refractivity contribution in [2.24, 2.45) is 5.92 Å². The molecule has 0 aromatic heterocycles. The van der Waals surface area contributed by atoms with Crippen molar-refractivity contribution in [3.05, 3.63) is 91.0 Å². The summed E-state index contributed by atoms with van der Waals surface area (Å²) in [6.07, 6.45) is 2.37. The first kappa shape index (κ1) is 23.4. The molecule has 2 N–H and O–H groups in total. The van der Waals surface area contributed by atoms with Crippen molar-refractivity contribution < 1.29 is 14.4 Å². The Hall–Kier alpha value is -2.73. The van der Waals surface area contributed by atoms with Crippen LogP contribution in [0.5, 0.6) is 0 Å². The minimum atomic E-state index is -3.06. The van der Waals surface area contributed by atoms with Gasteiger partial charge in [0.2, 0.25) is 0 Å². The molecule has 3 aromatic carbocycles. The molecule has 172 valence electrons. The quantitative estimate of drug-likeness (QED) is 0.379. The van der Waals surface area contributed by atoms with Crippen LogP contribution < -0.4 is 15.9 Å². The van der Waals surface area contributed by atoms with E-state index in [4.69, 9.17) is 4.84 Å². The molecule has 0 unspecified atom stereocenters. The largest absolute Gasteiger partial charge is 0.424 e. The minimum absolute atomic E-state index is 0.145. The smallest absolute Gasteiger partial charge is 0.258 e. The van der Waals surface area contributed by atoms with Crippen LogP contribution in [-0.2, 0) is 9.63 Å². The standard InChI is InChI=1S/C28H33NO3Si/c1-28(2,33(31,24-14-8-4-9-15-24)25-16-10-5-11-17-25)21-22-18-19-26(30)27(20-22)32-29-23-12-6-3-7-13-23/h3-17,22,27,29,31H,18-21H2,1-2H3/t22-,27+/m0/s1. The summed E-state index contributed by atoms with van der Waals surface area (Å²) in [4.78, 5) is 30.8. The number of benzene rings is 3. The van der Waals surface area contributed by atoms with Gasteiger partial charge in [-0.15, -0.1) is 0 Å². The van der Waals surface area contributed by atoms with Crippen LogP contribution in [0, 0.1) is 5.92 Å². The number of anilines is 1. The van der Waals surface area contributed by atoms with Gasteiger partial charge in [-0.3, -0.25) is 15.1 Å². The molecular weight excluding hydrogens is 426 g/mol. The van der Waals surface area contributed by atoms with Crippen LogP contribution in [-0.4, -0.2) is 25.0 Å². The molecule has 33 heavy (non-hydrogen) atoms. The SMILES string of the molecule is CC(C)(C[C@H]1CCC(=O)[C@H](ONc2ccccc2)C1)[Si](O)(c1ccccc1)c1ccccc1. The number of ketones is 1. The zero-order valence-corrected chi connectivity index (χ0v) is 20.4. The Bertz CT molecular complexity index is 1000. The van der Waals surface area contributed by atoms with E-state index in [1.807, 2.05) is 66.7 Å². The Balaban J connectivity index is 1.53. The minimum Gasteiger partial charge on any atom is -0.424 e. The molecular formula is C28H33NO3Si. The molecule has 0 heterocycles. The summed E-state index contributed by atoms with van der Waals surface area (Å²) in [5.74, 6) is 0.442. The Morgan fingerprint density at radius 1 is 0.909 bits per heavy atom.